The third kappa shape index (κ3) is 4.50. The van der Waals surface area contributed by atoms with Crippen LogP contribution in [0.3, 0.4) is 0 Å². The molecule has 180 valence electrons. The Labute approximate surface area is 203 Å². The summed E-state index contributed by atoms with van der Waals surface area (Å²) in [4.78, 5) is 12.5. The second-order valence-electron chi connectivity index (χ2n) is 9.26. The molecule has 3 N–H and O–H groups in total. The third-order valence-electron chi connectivity index (χ3n) is 6.24. The first-order valence-corrected chi connectivity index (χ1v) is 11.5. The molecule has 1 aliphatic heterocycles. The highest BCUT2D eigenvalue weighted by atomic mass is 16.5. The lowest BCUT2D eigenvalue weighted by Gasteiger charge is -2.36. The zero-order valence-corrected chi connectivity index (χ0v) is 20.2. The Kier molecular flexibility index (Phi) is 5.78. The summed E-state index contributed by atoms with van der Waals surface area (Å²) in [7, 11) is 3.53. The molecule has 10 nitrogen and oxygen atoms in total. The van der Waals surface area contributed by atoms with Crippen LogP contribution < -0.4 is 15.4 Å². The van der Waals surface area contributed by atoms with Crippen LogP contribution in [0.4, 0.5) is 17.5 Å². The summed E-state index contributed by atoms with van der Waals surface area (Å²) in [5.41, 5.74) is 3.53. The predicted molar refractivity (Wildman–Crippen MR) is 134 cm³/mol. The van der Waals surface area contributed by atoms with Crippen molar-refractivity contribution in [1.29, 1.82) is 5.26 Å². The number of hydrogen-bond donors (Lipinski definition) is 3. The number of benzene rings is 1. The molecule has 1 aliphatic rings. The molecule has 5 rings (SSSR count). The molecule has 10 heteroatoms. The summed E-state index contributed by atoms with van der Waals surface area (Å²) >= 11 is 0. The second-order valence-corrected chi connectivity index (χ2v) is 9.26. The van der Waals surface area contributed by atoms with E-state index < -0.39 is 0 Å². The van der Waals surface area contributed by atoms with Gasteiger partial charge in [0.25, 0.3) is 0 Å². The van der Waals surface area contributed by atoms with E-state index in [-0.39, 0.29) is 11.6 Å². The molecule has 3 aromatic heterocycles. The highest BCUT2D eigenvalue weighted by molar-refractivity contribution is 5.93. The summed E-state index contributed by atoms with van der Waals surface area (Å²) in [5, 5.41) is 21.4. The van der Waals surface area contributed by atoms with Gasteiger partial charge in [-0.05, 0) is 44.9 Å². The van der Waals surface area contributed by atoms with E-state index in [9.17, 15) is 5.26 Å². The van der Waals surface area contributed by atoms with Gasteiger partial charge in [0.2, 0.25) is 5.95 Å². The van der Waals surface area contributed by atoms with E-state index >= 15 is 0 Å². The molecule has 0 spiro atoms. The number of nitriles is 1. The number of fused-ring (bicyclic) bond motifs is 1. The summed E-state index contributed by atoms with van der Waals surface area (Å²) in [6.45, 7) is 4.84. The number of ether oxygens (including phenoxy) is 2. The molecule has 4 heterocycles. The maximum Gasteiger partial charge on any atom is 0.231 e. The van der Waals surface area contributed by atoms with Crippen molar-refractivity contribution in [3.63, 3.8) is 0 Å². The van der Waals surface area contributed by atoms with Crippen LogP contribution in [0.2, 0.25) is 0 Å². The molecule has 1 saturated heterocycles. The number of rotatable bonds is 6. The van der Waals surface area contributed by atoms with Crippen LogP contribution in [-0.2, 0) is 11.8 Å². The fourth-order valence-electron chi connectivity index (χ4n) is 4.58. The zero-order chi connectivity index (χ0) is 24.6. The van der Waals surface area contributed by atoms with Crippen LogP contribution >= 0.6 is 0 Å². The zero-order valence-electron chi connectivity index (χ0n) is 20.2. The number of aromatic amines is 1. The Morgan fingerprint density at radius 2 is 2.14 bits per heavy atom. The number of anilines is 3. The predicted octanol–water partition coefficient (Wildman–Crippen LogP) is 4.35. The second kappa shape index (κ2) is 8.92. The van der Waals surface area contributed by atoms with E-state index in [0.717, 1.165) is 29.8 Å². The lowest BCUT2D eigenvalue weighted by atomic mass is 9.94. The number of nitrogens with zero attached hydrogens (tertiary/aromatic N) is 5. The minimum absolute atomic E-state index is 0.171. The standard InChI is InChI=1S/C25H28N8O2/c1-25(2)12-17(8-10-35-25)29-23-21-15(13-26)14-27-22(21)31-24(32-23)30-16-5-6-18(20(11-16)34-4)19-7-9-28-33(19)3/h5-7,9,11,14,17H,8,10,12H2,1-4H3,(H3,27,29,30,31,32). The Morgan fingerprint density at radius 1 is 1.29 bits per heavy atom. The van der Waals surface area contributed by atoms with E-state index in [4.69, 9.17) is 14.5 Å². The molecule has 4 aromatic rings. The molecule has 1 atom stereocenters. The molecule has 0 aliphatic carbocycles. The van der Waals surface area contributed by atoms with Crippen molar-refractivity contribution < 1.29 is 9.47 Å². The van der Waals surface area contributed by atoms with Gasteiger partial charge < -0.3 is 25.1 Å². The topological polar surface area (TPSA) is 126 Å². The summed E-state index contributed by atoms with van der Waals surface area (Å²) < 4.78 is 13.3. The van der Waals surface area contributed by atoms with Gasteiger partial charge in [-0.15, -0.1) is 0 Å². The number of H-pyrrole nitrogens is 1. The van der Waals surface area contributed by atoms with Gasteiger partial charge in [-0.25, -0.2) is 0 Å². The average molecular weight is 473 g/mol. The highest BCUT2D eigenvalue weighted by Crippen LogP contribution is 2.34. The largest absolute Gasteiger partial charge is 0.496 e. The van der Waals surface area contributed by atoms with Crippen molar-refractivity contribution in [2.75, 3.05) is 24.4 Å². The Bertz CT molecular complexity index is 1410. The fourth-order valence-corrected chi connectivity index (χ4v) is 4.58. The molecule has 1 unspecified atom stereocenters. The summed E-state index contributed by atoms with van der Waals surface area (Å²) in [6, 6.07) is 10.2. The number of methoxy groups -OCH3 is 1. The first kappa shape index (κ1) is 22.7. The van der Waals surface area contributed by atoms with Crippen LogP contribution in [-0.4, -0.2) is 50.1 Å². The van der Waals surface area contributed by atoms with E-state index in [1.807, 2.05) is 31.3 Å². The van der Waals surface area contributed by atoms with Crippen LogP contribution in [0.25, 0.3) is 22.3 Å². The van der Waals surface area contributed by atoms with Crippen molar-refractivity contribution in [1.82, 2.24) is 24.7 Å². The monoisotopic (exact) mass is 472 g/mol. The molecule has 0 radical (unpaired) electrons. The summed E-state index contributed by atoms with van der Waals surface area (Å²) in [5.74, 6) is 1.73. The molecule has 0 amide bonds. The number of aryl methyl sites for hydroxylation is 1. The van der Waals surface area contributed by atoms with Crippen molar-refractivity contribution in [3.8, 4) is 23.1 Å². The number of nitrogens with one attached hydrogen (secondary N) is 3. The Balaban J connectivity index is 1.48. The minimum atomic E-state index is -0.217. The Hall–Kier alpha value is -4.10. The van der Waals surface area contributed by atoms with Gasteiger partial charge in [-0.2, -0.15) is 20.3 Å². The average Bonchev–Trinajstić information content (AvgIpc) is 3.44. The van der Waals surface area contributed by atoms with E-state index in [0.29, 0.717) is 40.7 Å². The third-order valence-corrected chi connectivity index (χ3v) is 6.24. The van der Waals surface area contributed by atoms with Gasteiger partial charge in [0.15, 0.2) is 0 Å². The lowest BCUT2D eigenvalue weighted by Crippen LogP contribution is -2.40. The van der Waals surface area contributed by atoms with Crippen LogP contribution in [0, 0.1) is 11.3 Å². The van der Waals surface area contributed by atoms with Gasteiger partial charge in [0.05, 0.1) is 29.4 Å². The van der Waals surface area contributed by atoms with E-state index in [1.165, 1.54) is 0 Å². The molecule has 0 saturated carbocycles. The van der Waals surface area contributed by atoms with Crippen molar-refractivity contribution in [2.24, 2.45) is 7.05 Å². The van der Waals surface area contributed by atoms with Gasteiger partial charge in [0, 0.05) is 49.4 Å². The number of aromatic nitrogens is 5. The number of hydrogen-bond acceptors (Lipinski definition) is 8. The van der Waals surface area contributed by atoms with Gasteiger partial charge in [-0.3, -0.25) is 4.68 Å². The smallest absolute Gasteiger partial charge is 0.231 e. The maximum absolute atomic E-state index is 9.61. The van der Waals surface area contributed by atoms with Crippen LogP contribution in [0.1, 0.15) is 32.3 Å². The molecule has 1 aromatic carbocycles. The van der Waals surface area contributed by atoms with E-state index in [2.05, 4.69) is 45.6 Å². The normalized spacial score (nSPS) is 17.2. The first-order valence-electron chi connectivity index (χ1n) is 11.5. The molecule has 1 fully saturated rings. The van der Waals surface area contributed by atoms with E-state index in [1.54, 1.807) is 24.2 Å². The molecule has 35 heavy (non-hydrogen) atoms. The SMILES string of the molecule is COc1cc(Nc2nc(NC3CCOC(C)(C)C3)c3c(C#N)c[nH]c3n2)ccc1-c1ccnn1C. The molecular weight excluding hydrogens is 444 g/mol. The first-order chi connectivity index (χ1) is 16.9. The molecular formula is C25H28N8O2. The summed E-state index contributed by atoms with van der Waals surface area (Å²) in [6.07, 6.45) is 5.11. The maximum atomic E-state index is 9.61. The minimum Gasteiger partial charge on any atom is -0.496 e. The van der Waals surface area contributed by atoms with Crippen molar-refractivity contribution in [2.45, 2.75) is 38.3 Å². The molecule has 0 bridgehead atoms. The fraction of sp³-hybridized carbons (Fsp3) is 0.360. The van der Waals surface area contributed by atoms with Crippen molar-refractivity contribution >= 4 is 28.5 Å². The van der Waals surface area contributed by atoms with Crippen LogP contribution in [0.5, 0.6) is 5.75 Å². The lowest BCUT2D eigenvalue weighted by molar-refractivity contribution is -0.0553. The van der Waals surface area contributed by atoms with Crippen molar-refractivity contribution in [3.05, 3.63) is 42.2 Å². The van der Waals surface area contributed by atoms with Gasteiger partial charge in [-0.1, -0.05) is 0 Å². The van der Waals surface area contributed by atoms with Gasteiger partial charge >= 0.3 is 0 Å². The van der Waals surface area contributed by atoms with Gasteiger partial charge in [0.1, 0.15) is 23.3 Å². The van der Waals surface area contributed by atoms with Crippen LogP contribution in [0.15, 0.2) is 36.7 Å². The Morgan fingerprint density at radius 3 is 2.86 bits per heavy atom. The highest BCUT2D eigenvalue weighted by Gasteiger charge is 2.29. The quantitative estimate of drug-likeness (QED) is 0.378.